The Morgan fingerprint density at radius 2 is 1.73 bits per heavy atom. The van der Waals surface area contributed by atoms with Gasteiger partial charge in [0.2, 0.25) is 0 Å². The molecule has 2 N–H and O–H groups in total. The molecule has 4 nitrogen and oxygen atoms in total. The molecule has 1 heterocycles. The maximum atomic E-state index is 5.79. The van der Waals surface area contributed by atoms with Gasteiger partial charge < -0.3 is 5.73 Å². The summed E-state index contributed by atoms with van der Waals surface area (Å²) < 4.78 is 1.82. The molecule has 0 atom stereocenters. The van der Waals surface area contributed by atoms with Crippen molar-refractivity contribution in [3.05, 3.63) is 77.1 Å². The minimum atomic E-state index is 0.361. The lowest BCUT2D eigenvalue weighted by Gasteiger charge is -2.04. The molecule has 0 aliphatic carbocycles. The molecule has 0 unspecified atom stereocenters. The first-order valence-electron chi connectivity index (χ1n) is 7.23. The van der Waals surface area contributed by atoms with Gasteiger partial charge in [-0.2, -0.15) is 0 Å². The van der Waals surface area contributed by atoms with Gasteiger partial charge in [0.05, 0.1) is 11.4 Å². The fourth-order valence-electron chi connectivity index (χ4n) is 2.25. The predicted octanol–water partition coefficient (Wildman–Crippen LogP) is 3.20. The highest BCUT2D eigenvalue weighted by molar-refractivity contribution is 5.69. The Bertz CT molecular complexity index is 771. The standard InChI is InChI=1S/C18H18N4/c1-14-7-10-16(11-8-14)22-18(17(13-19)20-21-22)12-9-15-5-3-2-4-6-15/h2-12H,13,19H2,1H3/b12-9+. The first kappa shape index (κ1) is 14.2. The van der Waals surface area contributed by atoms with Gasteiger partial charge in [-0.05, 0) is 30.7 Å². The number of nitrogens with zero attached hydrogens (tertiary/aromatic N) is 3. The van der Waals surface area contributed by atoms with E-state index in [-0.39, 0.29) is 0 Å². The number of hydrogen-bond donors (Lipinski definition) is 1. The van der Waals surface area contributed by atoms with Gasteiger partial charge in [0, 0.05) is 6.54 Å². The lowest BCUT2D eigenvalue weighted by molar-refractivity contribution is 0.793. The molecule has 0 amide bonds. The second-order valence-corrected chi connectivity index (χ2v) is 5.12. The van der Waals surface area contributed by atoms with Crippen LogP contribution in [0.2, 0.25) is 0 Å². The van der Waals surface area contributed by atoms with E-state index >= 15 is 0 Å². The van der Waals surface area contributed by atoms with Crippen molar-refractivity contribution in [2.75, 3.05) is 0 Å². The molecule has 0 fully saturated rings. The molecule has 0 aliphatic rings. The first-order valence-corrected chi connectivity index (χ1v) is 7.23. The van der Waals surface area contributed by atoms with Crippen LogP contribution in [-0.4, -0.2) is 15.0 Å². The van der Waals surface area contributed by atoms with Crippen LogP contribution in [0.25, 0.3) is 17.8 Å². The molecular formula is C18H18N4. The second-order valence-electron chi connectivity index (χ2n) is 5.12. The van der Waals surface area contributed by atoms with E-state index in [2.05, 4.69) is 41.5 Å². The van der Waals surface area contributed by atoms with Gasteiger partial charge in [0.1, 0.15) is 5.69 Å². The molecule has 3 rings (SSSR count). The highest BCUT2D eigenvalue weighted by Gasteiger charge is 2.10. The van der Waals surface area contributed by atoms with Gasteiger partial charge in [0.15, 0.2) is 0 Å². The molecule has 0 spiro atoms. The summed E-state index contributed by atoms with van der Waals surface area (Å²) in [5, 5.41) is 8.42. The maximum Gasteiger partial charge on any atom is 0.104 e. The topological polar surface area (TPSA) is 56.7 Å². The largest absolute Gasteiger partial charge is 0.325 e. The summed E-state index contributed by atoms with van der Waals surface area (Å²) in [6, 6.07) is 18.3. The Balaban J connectivity index is 2.00. The third-order valence-electron chi connectivity index (χ3n) is 3.48. The summed E-state index contributed by atoms with van der Waals surface area (Å²) in [6.07, 6.45) is 4.06. The van der Waals surface area contributed by atoms with Gasteiger partial charge in [-0.3, -0.25) is 0 Å². The highest BCUT2D eigenvalue weighted by atomic mass is 15.4. The zero-order valence-corrected chi connectivity index (χ0v) is 12.5. The van der Waals surface area contributed by atoms with Gasteiger partial charge in [0.25, 0.3) is 0 Å². The highest BCUT2D eigenvalue weighted by Crippen LogP contribution is 2.16. The summed E-state index contributed by atoms with van der Waals surface area (Å²) >= 11 is 0. The minimum absolute atomic E-state index is 0.361. The van der Waals surface area contributed by atoms with Gasteiger partial charge in [-0.25, -0.2) is 4.68 Å². The molecular weight excluding hydrogens is 272 g/mol. The van der Waals surface area contributed by atoms with Crippen LogP contribution in [-0.2, 0) is 6.54 Å². The Labute approximate surface area is 129 Å². The smallest absolute Gasteiger partial charge is 0.104 e. The molecule has 2 aromatic carbocycles. The Morgan fingerprint density at radius 3 is 2.41 bits per heavy atom. The summed E-state index contributed by atoms with van der Waals surface area (Å²) in [5.74, 6) is 0. The second kappa shape index (κ2) is 6.37. The average molecular weight is 290 g/mol. The van der Waals surface area contributed by atoms with Crippen LogP contribution in [0.5, 0.6) is 0 Å². The lowest BCUT2D eigenvalue weighted by atomic mass is 10.2. The number of hydrogen-bond acceptors (Lipinski definition) is 3. The van der Waals surface area contributed by atoms with Crippen LogP contribution < -0.4 is 5.73 Å². The van der Waals surface area contributed by atoms with E-state index in [1.807, 2.05) is 47.2 Å². The van der Waals surface area contributed by atoms with E-state index in [4.69, 9.17) is 5.73 Å². The van der Waals surface area contributed by atoms with Crippen LogP contribution >= 0.6 is 0 Å². The van der Waals surface area contributed by atoms with Crippen molar-refractivity contribution in [3.8, 4) is 5.69 Å². The van der Waals surface area contributed by atoms with Crippen molar-refractivity contribution in [2.45, 2.75) is 13.5 Å². The lowest BCUT2D eigenvalue weighted by Crippen LogP contribution is -2.02. The quantitative estimate of drug-likeness (QED) is 0.802. The monoisotopic (exact) mass is 290 g/mol. The van der Waals surface area contributed by atoms with Crippen molar-refractivity contribution in [3.63, 3.8) is 0 Å². The SMILES string of the molecule is Cc1ccc(-n2nnc(CN)c2/C=C/c2ccccc2)cc1. The molecule has 4 heteroatoms. The van der Waals surface area contributed by atoms with Crippen molar-refractivity contribution < 1.29 is 0 Å². The molecule has 0 saturated heterocycles. The number of benzene rings is 2. The normalized spacial score (nSPS) is 11.2. The molecule has 0 radical (unpaired) electrons. The predicted molar refractivity (Wildman–Crippen MR) is 89.4 cm³/mol. The van der Waals surface area contributed by atoms with E-state index < -0.39 is 0 Å². The van der Waals surface area contributed by atoms with E-state index in [0.29, 0.717) is 6.54 Å². The molecule has 22 heavy (non-hydrogen) atoms. The molecule has 0 aliphatic heterocycles. The van der Waals surface area contributed by atoms with Crippen LogP contribution in [0.3, 0.4) is 0 Å². The third-order valence-corrected chi connectivity index (χ3v) is 3.48. The van der Waals surface area contributed by atoms with Crippen LogP contribution in [0.15, 0.2) is 54.6 Å². The zero-order valence-electron chi connectivity index (χ0n) is 12.5. The number of aromatic nitrogens is 3. The third kappa shape index (κ3) is 2.97. The van der Waals surface area contributed by atoms with Gasteiger partial charge >= 0.3 is 0 Å². The number of nitrogens with two attached hydrogens (primary N) is 1. The number of rotatable bonds is 4. The van der Waals surface area contributed by atoms with E-state index in [9.17, 15) is 0 Å². The van der Waals surface area contributed by atoms with Crippen molar-refractivity contribution >= 4 is 12.2 Å². The summed E-state index contributed by atoms with van der Waals surface area (Å²) in [7, 11) is 0. The maximum absolute atomic E-state index is 5.79. The molecule has 0 bridgehead atoms. The van der Waals surface area contributed by atoms with E-state index in [0.717, 1.165) is 22.6 Å². The Hall–Kier alpha value is -2.72. The van der Waals surface area contributed by atoms with Crippen molar-refractivity contribution in [2.24, 2.45) is 5.73 Å². The fraction of sp³-hybridized carbons (Fsp3) is 0.111. The number of aryl methyl sites for hydroxylation is 1. The Kier molecular flexibility index (Phi) is 4.12. The van der Waals surface area contributed by atoms with Crippen LogP contribution in [0.4, 0.5) is 0 Å². The molecule has 110 valence electrons. The van der Waals surface area contributed by atoms with Gasteiger partial charge in [-0.1, -0.05) is 59.3 Å². The minimum Gasteiger partial charge on any atom is -0.325 e. The fourth-order valence-corrected chi connectivity index (χ4v) is 2.25. The Morgan fingerprint density at radius 1 is 1.00 bits per heavy atom. The molecule has 0 saturated carbocycles. The van der Waals surface area contributed by atoms with Crippen LogP contribution in [0.1, 0.15) is 22.5 Å². The first-order chi connectivity index (χ1) is 10.8. The molecule has 3 aromatic rings. The molecule has 1 aromatic heterocycles. The average Bonchev–Trinajstić information content (AvgIpc) is 2.97. The summed E-state index contributed by atoms with van der Waals surface area (Å²) in [6.45, 7) is 2.42. The van der Waals surface area contributed by atoms with E-state index in [1.165, 1.54) is 5.56 Å². The van der Waals surface area contributed by atoms with Crippen molar-refractivity contribution in [1.29, 1.82) is 0 Å². The van der Waals surface area contributed by atoms with Crippen molar-refractivity contribution in [1.82, 2.24) is 15.0 Å². The zero-order chi connectivity index (χ0) is 15.4. The van der Waals surface area contributed by atoms with E-state index in [1.54, 1.807) is 0 Å². The van der Waals surface area contributed by atoms with Gasteiger partial charge in [-0.15, -0.1) is 5.10 Å². The van der Waals surface area contributed by atoms with Crippen LogP contribution in [0, 0.1) is 6.92 Å². The summed E-state index contributed by atoms with van der Waals surface area (Å²) in [5.41, 5.74) is 10.8. The summed E-state index contributed by atoms with van der Waals surface area (Å²) in [4.78, 5) is 0.